The van der Waals surface area contributed by atoms with Gasteiger partial charge in [-0.05, 0) is 18.6 Å². The highest BCUT2D eigenvalue weighted by Crippen LogP contribution is 2.34. The maximum Gasteiger partial charge on any atom is 0.292 e. The van der Waals surface area contributed by atoms with E-state index in [0.717, 1.165) is 0 Å². The predicted molar refractivity (Wildman–Crippen MR) is 67.7 cm³/mol. The standard InChI is InChI=1S/C11H12N4O4/c1-5(11(12)17)13-8-4-7-6(3-10(16)14-7)2-9(8)15(18)19/h2,4-5,13H,3H2,1H3,(H2,12,17)(H,14,16). The van der Waals surface area contributed by atoms with Crippen LogP contribution in [0.1, 0.15) is 12.5 Å². The zero-order chi connectivity index (χ0) is 14.2. The minimum absolute atomic E-state index is 0.113. The second kappa shape index (κ2) is 4.56. The molecule has 0 aliphatic carbocycles. The molecule has 1 aliphatic heterocycles. The van der Waals surface area contributed by atoms with Crippen molar-refractivity contribution < 1.29 is 14.5 Å². The van der Waals surface area contributed by atoms with Crippen molar-refractivity contribution in [2.75, 3.05) is 10.6 Å². The molecule has 0 bridgehead atoms. The van der Waals surface area contributed by atoms with E-state index in [2.05, 4.69) is 10.6 Å². The van der Waals surface area contributed by atoms with Gasteiger partial charge in [-0.15, -0.1) is 0 Å². The van der Waals surface area contributed by atoms with Crippen LogP contribution in [0, 0.1) is 10.1 Å². The number of benzene rings is 1. The number of anilines is 2. The average Bonchev–Trinajstić information content (AvgIpc) is 2.66. The van der Waals surface area contributed by atoms with Gasteiger partial charge in [-0.25, -0.2) is 0 Å². The number of nitro benzene ring substituents is 1. The van der Waals surface area contributed by atoms with E-state index < -0.39 is 16.9 Å². The molecule has 4 N–H and O–H groups in total. The number of hydrogen-bond acceptors (Lipinski definition) is 5. The van der Waals surface area contributed by atoms with E-state index in [1.54, 1.807) is 0 Å². The van der Waals surface area contributed by atoms with Crippen LogP contribution in [-0.2, 0) is 16.0 Å². The van der Waals surface area contributed by atoms with Gasteiger partial charge >= 0.3 is 0 Å². The first kappa shape index (κ1) is 12.8. The number of nitrogens with zero attached hydrogens (tertiary/aromatic N) is 1. The highest BCUT2D eigenvalue weighted by molar-refractivity contribution is 6.00. The van der Waals surface area contributed by atoms with Gasteiger partial charge < -0.3 is 16.4 Å². The first-order chi connectivity index (χ1) is 8.88. The van der Waals surface area contributed by atoms with Crippen LogP contribution in [0.4, 0.5) is 17.1 Å². The molecule has 0 saturated carbocycles. The second-order valence-electron chi connectivity index (χ2n) is 4.28. The van der Waals surface area contributed by atoms with Crippen LogP contribution in [0.2, 0.25) is 0 Å². The molecular formula is C11H12N4O4. The fraction of sp³-hybridized carbons (Fsp3) is 0.273. The zero-order valence-electron chi connectivity index (χ0n) is 10.1. The van der Waals surface area contributed by atoms with E-state index in [4.69, 9.17) is 5.73 Å². The Kier molecular flexibility index (Phi) is 3.07. The second-order valence-corrected chi connectivity index (χ2v) is 4.28. The summed E-state index contributed by atoms with van der Waals surface area (Å²) in [6, 6.07) is 2.01. The number of nitrogens with two attached hydrogens (primary N) is 1. The summed E-state index contributed by atoms with van der Waals surface area (Å²) in [7, 11) is 0. The molecule has 1 aromatic rings. The van der Waals surface area contributed by atoms with Gasteiger partial charge in [0, 0.05) is 11.8 Å². The number of hydrogen-bond donors (Lipinski definition) is 3. The molecule has 0 saturated heterocycles. The average molecular weight is 264 g/mol. The first-order valence-electron chi connectivity index (χ1n) is 5.55. The van der Waals surface area contributed by atoms with Crippen molar-refractivity contribution >= 4 is 28.9 Å². The fourth-order valence-electron chi connectivity index (χ4n) is 1.83. The van der Waals surface area contributed by atoms with Crippen LogP contribution < -0.4 is 16.4 Å². The molecule has 0 fully saturated rings. The lowest BCUT2D eigenvalue weighted by Gasteiger charge is -2.13. The third-order valence-electron chi connectivity index (χ3n) is 2.84. The lowest BCUT2D eigenvalue weighted by atomic mass is 10.1. The zero-order valence-corrected chi connectivity index (χ0v) is 10.1. The summed E-state index contributed by atoms with van der Waals surface area (Å²) in [5.74, 6) is -0.844. The molecule has 1 heterocycles. The van der Waals surface area contributed by atoms with Gasteiger partial charge in [0.15, 0.2) is 0 Å². The van der Waals surface area contributed by atoms with E-state index >= 15 is 0 Å². The van der Waals surface area contributed by atoms with Crippen molar-refractivity contribution in [3.8, 4) is 0 Å². The Morgan fingerprint density at radius 1 is 1.58 bits per heavy atom. The number of nitro groups is 1. The topological polar surface area (TPSA) is 127 Å². The van der Waals surface area contributed by atoms with E-state index in [1.165, 1.54) is 19.1 Å². The predicted octanol–water partition coefficient (Wildman–Crippen LogP) is 0.375. The number of fused-ring (bicyclic) bond motifs is 1. The van der Waals surface area contributed by atoms with Gasteiger partial charge in [-0.2, -0.15) is 0 Å². The molecule has 8 heteroatoms. The smallest absolute Gasteiger partial charge is 0.292 e. The summed E-state index contributed by atoms with van der Waals surface area (Å²) in [5.41, 5.74) is 6.14. The minimum atomic E-state index is -0.756. The number of nitrogens with one attached hydrogen (secondary N) is 2. The highest BCUT2D eigenvalue weighted by atomic mass is 16.6. The quantitative estimate of drug-likeness (QED) is 0.535. The molecular weight excluding hydrogens is 252 g/mol. The lowest BCUT2D eigenvalue weighted by molar-refractivity contribution is -0.384. The highest BCUT2D eigenvalue weighted by Gasteiger charge is 2.25. The Morgan fingerprint density at radius 2 is 2.26 bits per heavy atom. The fourth-order valence-corrected chi connectivity index (χ4v) is 1.83. The van der Waals surface area contributed by atoms with Gasteiger partial charge in [-0.3, -0.25) is 19.7 Å². The van der Waals surface area contributed by atoms with Crippen LogP contribution >= 0.6 is 0 Å². The molecule has 1 aromatic carbocycles. The Balaban J connectivity index is 2.42. The summed E-state index contributed by atoms with van der Waals surface area (Å²) in [5, 5.41) is 16.3. The molecule has 0 aromatic heterocycles. The van der Waals surface area contributed by atoms with Crippen LogP contribution in [0.3, 0.4) is 0 Å². The summed E-state index contributed by atoms with van der Waals surface area (Å²) >= 11 is 0. The van der Waals surface area contributed by atoms with E-state index in [-0.39, 0.29) is 23.7 Å². The first-order valence-corrected chi connectivity index (χ1v) is 5.55. The molecule has 0 radical (unpaired) electrons. The Morgan fingerprint density at radius 3 is 2.84 bits per heavy atom. The SMILES string of the molecule is CC(Nc1cc2c(cc1[N+](=O)[O-])CC(=O)N2)C(N)=O. The number of primary amides is 1. The largest absolute Gasteiger partial charge is 0.368 e. The van der Waals surface area contributed by atoms with Crippen molar-refractivity contribution in [1.29, 1.82) is 0 Å². The Labute approximate surface area is 108 Å². The van der Waals surface area contributed by atoms with E-state index in [1.807, 2.05) is 0 Å². The molecule has 100 valence electrons. The van der Waals surface area contributed by atoms with Crippen LogP contribution in [0.25, 0.3) is 0 Å². The third kappa shape index (κ3) is 2.46. The van der Waals surface area contributed by atoms with Crippen molar-refractivity contribution in [3.63, 3.8) is 0 Å². The van der Waals surface area contributed by atoms with E-state index in [9.17, 15) is 19.7 Å². The third-order valence-corrected chi connectivity index (χ3v) is 2.84. The lowest BCUT2D eigenvalue weighted by Crippen LogP contribution is -2.32. The van der Waals surface area contributed by atoms with Crippen LogP contribution in [-0.4, -0.2) is 22.8 Å². The monoisotopic (exact) mass is 264 g/mol. The number of carbonyl (C=O) groups excluding carboxylic acids is 2. The van der Waals surface area contributed by atoms with Crippen molar-refractivity contribution in [1.82, 2.24) is 0 Å². The maximum absolute atomic E-state index is 11.2. The number of amides is 2. The summed E-state index contributed by atoms with van der Waals surface area (Å²) in [6.07, 6.45) is 0.113. The van der Waals surface area contributed by atoms with Crippen molar-refractivity contribution in [2.45, 2.75) is 19.4 Å². The van der Waals surface area contributed by atoms with E-state index in [0.29, 0.717) is 11.3 Å². The normalized spacial score (nSPS) is 14.5. The van der Waals surface area contributed by atoms with Crippen LogP contribution in [0.15, 0.2) is 12.1 Å². The Hall–Kier alpha value is -2.64. The maximum atomic E-state index is 11.2. The molecule has 2 amide bonds. The number of carbonyl (C=O) groups is 2. The molecule has 0 spiro atoms. The molecule has 1 atom stereocenters. The Bertz CT molecular complexity index is 584. The number of rotatable bonds is 4. The molecule has 1 aliphatic rings. The summed E-state index contributed by atoms with van der Waals surface area (Å²) < 4.78 is 0. The molecule has 1 unspecified atom stereocenters. The van der Waals surface area contributed by atoms with Gasteiger partial charge in [0.05, 0.1) is 11.3 Å². The van der Waals surface area contributed by atoms with Gasteiger partial charge in [0.25, 0.3) is 5.69 Å². The van der Waals surface area contributed by atoms with Gasteiger partial charge in [0.2, 0.25) is 11.8 Å². The van der Waals surface area contributed by atoms with Crippen LogP contribution in [0.5, 0.6) is 0 Å². The van der Waals surface area contributed by atoms with Crippen molar-refractivity contribution in [2.24, 2.45) is 5.73 Å². The molecule has 8 nitrogen and oxygen atoms in total. The van der Waals surface area contributed by atoms with Crippen molar-refractivity contribution in [3.05, 3.63) is 27.8 Å². The minimum Gasteiger partial charge on any atom is -0.368 e. The molecule has 19 heavy (non-hydrogen) atoms. The van der Waals surface area contributed by atoms with Gasteiger partial charge in [-0.1, -0.05) is 0 Å². The summed E-state index contributed by atoms with van der Waals surface area (Å²) in [4.78, 5) is 32.7. The molecule has 2 rings (SSSR count). The van der Waals surface area contributed by atoms with Gasteiger partial charge in [0.1, 0.15) is 11.7 Å². The summed E-state index contributed by atoms with van der Waals surface area (Å²) in [6.45, 7) is 1.50.